The van der Waals surface area contributed by atoms with Gasteiger partial charge in [-0.1, -0.05) is 48.5 Å². The SMILES string of the molecule is Cc1ccc2c(n1)N(CCCN(C)C)c1ccccc1C(c1ccccc1)=N2. The molecule has 1 aliphatic rings. The number of rotatable bonds is 5. The molecule has 0 amide bonds. The second-order valence-electron chi connectivity index (χ2n) is 7.45. The molecular weight excluding hydrogens is 344 g/mol. The summed E-state index contributed by atoms with van der Waals surface area (Å²) in [5, 5.41) is 0. The Kier molecular flexibility index (Phi) is 5.22. The van der Waals surface area contributed by atoms with E-state index in [0.717, 1.165) is 53.5 Å². The van der Waals surface area contributed by atoms with E-state index < -0.39 is 0 Å². The lowest BCUT2D eigenvalue weighted by atomic mass is 10.00. The van der Waals surface area contributed by atoms with Crippen LogP contribution in [0.5, 0.6) is 0 Å². The number of aliphatic imine (C=N–C) groups is 1. The van der Waals surface area contributed by atoms with Gasteiger partial charge in [0, 0.05) is 23.4 Å². The number of benzene rings is 2. The Morgan fingerprint density at radius 1 is 0.893 bits per heavy atom. The number of para-hydroxylation sites is 1. The third-order valence-electron chi connectivity index (χ3n) is 4.97. The van der Waals surface area contributed by atoms with E-state index in [1.54, 1.807) is 0 Å². The zero-order valence-corrected chi connectivity index (χ0v) is 16.8. The second-order valence-corrected chi connectivity index (χ2v) is 7.45. The molecule has 1 aliphatic heterocycles. The van der Waals surface area contributed by atoms with E-state index in [1.807, 2.05) is 19.1 Å². The maximum atomic E-state index is 5.09. The average molecular weight is 371 g/mol. The number of aryl methyl sites for hydroxylation is 1. The number of hydrogen-bond donors (Lipinski definition) is 0. The molecule has 0 atom stereocenters. The predicted octanol–water partition coefficient (Wildman–Crippen LogP) is 4.96. The van der Waals surface area contributed by atoms with Crippen molar-refractivity contribution in [1.82, 2.24) is 9.88 Å². The highest BCUT2D eigenvalue weighted by atomic mass is 15.2. The Hall–Kier alpha value is -2.98. The highest BCUT2D eigenvalue weighted by Gasteiger charge is 2.24. The Morgan fingerprint density at radius 2 is 1.64 bits per heavy atom. The summed E-state index contributed by atoms with van der Waals surface area (Å²) in [7, 11) is 4.23. The van der Waals surface area contributed by atoms with E-state index >= 15 is 0 Å². The Labute approximate surface area is 167 Å². The zero-order valence-electron chi connectivity index (χ0n) is 16.8. The third kappa shape index (κ3) is 3.69. The summed E-state index contributed by atoms with van der Waals surface area (Å²) in [4.78, 5) is 14.5. The summed E-state index contributed by atoms with van der Waals surface area (Å²) in [6.45, 7) is 3.97. The topological polar surface area (TPSA) is 31.7 Å². The molecule has 0 unspecified atom stereocenters. The van der Waals surface area contributed by atoms with Crippen molar-refractivity contribution in [3.05, 3.63) is 83.6 Å². The number of fused-ring (bicyclic) bond motifs is 2. The molecular formula is C24H26N4. The van der Waals surface area contributed by atoms with Gasteiger partial charge in [-0.15, -0.1) is 0 Å². The third-order valence-corrected chi connectivity index (χ3v) is 4.97. The zero-order chi connectivity index (χ0) is 19.5. The smallest absolute Gasteiger partial charge is 0.159 e. The van der Waals surface area contributed by atoms with E-state index in [9.17, 15) is 0 Å². The Morgan fingerprint density at radius 3 is 2.43 bits per heavy atom. The van der Waals surface area contributed by atoms with Gasteiger partial charge in [-0.2, -0.15) is 0 Å². The van der Waals surface area contributed by atoms with Crippen molar-refractivity contribution < 1.29 is 0 Å². The van der Waals surface area contributed by atoms with Gasteiger partial charge in [0.15, 0.2) is 5.82 Å². The van der Waals surface area contributed by atoms with Gasteiger partial charge in [0.05, 0.1) is 11.4 Å². The molecule has 0 N–H and O–H groups in total. The molecule has 0 bridgehead atoms. The molecule has 0 saturated heterocycles. The fourth-order valence-electron chi connectivity index (χ4n) is 3.61. The molecule has 3 aromatic rings. The van der Waals surface area contributed by atoms with Crippen LogP contribution in [0.15, 0.2) is 71.7 Å². The standard InChI is InChI=1S/C24H26N4/c1-18-14-15-21-24(25-18)28(17-9-16-27(2)3)22-13-8-7-12-20(22)23(26-21)19-10-5-4-6-11-19/h4-8,10-15H,9,16-17H2,1-3H3. The molecule has 0 aliphatic carbocycles. The minimum atomic E-state index is 0.899. The van der Waals surface area contributed by atoms with Crippen molar-refractivity contribution in [3.63, 3.8) is 0 Å². The fraction of sp³-hybridized carbons (Fsp3) is 0.250. The number of aromatic nitrogens is 1. The van der Waals surface area contributed by atoms with Crippen molar-refractivity contribution in [1.29, 1.82) is 0 Å². The quantitative estimate of drug-likeness (QED) is 0.636. The van der Waals surface area contributed by atoms with Crippen molar-refractivity contribution >= 4 is 22.9 Å². The molecule has 4 heteroatoms. The van der Waals surface area contributed by atoms with Crippen molar-refractivity contribution in [3.8, 4) is 0 Å². The predicted molar refractivity (Wildman–Crippen MR) is 117 cm³/mol. The van der Waals surface area contributed by atoms with Gasteiger partial charge in [-0.25, -0.2) is 9.98 Å². The molecule has 28 heavy (non-hydrogen) atoms. The van der Waals surface area contributed by atoms with Gasteiger partial charge in [0.2, 0.25) is 0 Å². The van der Waals surface area contributed by atoms with Crippen LogP contribution in [0.3, 0.4) is 0 Å². The maximum Gasteiger partial charge on any atom is 0.159 e. The second kappa shape index (κ2) is 7.95. The lowest BCUT2D eigenvalue weighted by Gasteiger charge is -2.26. The van der Waals surface area contributed by atoms with Crippen LogP contribution in [0, 0.1) is 6.92 Å². The van der Waals surface area contributed by atoms with Gasteiger partial charge < -0.3 is 9.80 Å². The first-order valence-corrected chi connectivity index (χ1v) is 9.77. The largest absolute Gasteiger partial charge is 0.324 e. The summed E-state index contributed by atoms with van der Waals surface area (Å²) in [5.74, 6) is 0.942. The number of hydrogen-bond acceptors (Lipinski definition) is 4. The molecule has 0 spiro atoms. The Balaban J connectivity index is 1.88. The number of pyridine rings is 1. The monoisotopic (exact) mass is 370 g/mol. The molecule has 4 rings (SSSR count). The minimum Gasteiger partial charge on any atom is -0.324 e. The summed E-state index contributed by atoms with van der Waals surface area (Å²) in [6, 6.07) is 23.1. The van der Waals surface area contributed by atoms with E-state index in [1.165, 1.54) is 5.69 Å². The number of nitrogens with zero attached hydrogens (tertiary/aromatic N) is 4. The van der Waals surface area contributed by atoms with Crippen LogP contribution in [0.25, 0.3) is 0 Å². The molecule has 1 aromatic heterocycles. The van der Waals surface area contributed by atoms with Gasteiger partial charge in [0.1, 0.15) is 5.69 Å². The highest BCUT2D eigenvalue weighted by Crippen LogP contribution is 2.39. The first-order valence-electron chi connectivity index (χ1n) is 9.77. The summed E-state index contributed by atoms with van der Waals surface area (Å²) in [5.41, 5.74) is 6.36. The van der Waals surface area contributed by atoms with E-state index in [2.05, 4.69) is 78.5 Å². The van der Waals surface area contributed by atoms with Gasteiger partial charge in [-0.3, -0.25) is 0 Å². The highest BCUT2D eigenvalue weighted by molar-refractivity contribution is 6.18. The molecule has 0 radical (unpaired) electrons. The van der Waals surface area contributed by atoms with Gasteiger partial charge in [-0.05, 0) is 52.2 Å². The molecule has 2 aromatic carbocycles. The normalized spacial score (nSPS) is 13.0. The van der Waals surface area contributed by atoms with Crippen molar-refractivity contribution in [2.24, 2.45) is 4.99 Å². The van der Waals surface area contributed by atoms with E-state index in [4.69, 9.17) is 9.98 Å². The maximum absolute atomic E-state index is 5.09. The lowest BCUT2D eigenvalue weighted by Crippen LogP contribution is -2.25. The van der Waals surface area contributed by atoms with Crippen molar-refractivity contribution in [2.75, 3.05) is 32.1 Å². The summed E-state index contributed by atoms with van der Waals surface area (Å²) < 4.78 is 0. The van der Waals surface area contributed by atoms with Crippen LogP contribution in [0.1, 0.15) is 23.2 Å². The molecule has 2 heterocycles. The van der Waals surface area contributed by atoms with E-state index in [-0.39, 0.29) is 0 Å². The van der Waals surface area contributed by atoms with Gasteiger partial charge >= 0.3 is 0 Å². The number of anilines is 2. The first kappa shape index (κ1) is 18.4. The summed E-state index contributed by atoms with van der Waals surface area (Å²) in [6.07, 6.45) is 1.05. The van der Waals surface area contributed by atoms with Crippen LogP contribution in [0.4, 0.5) is 17.2 Å². The summed E-state index contributed by atoms with van der Waals surface area (Å²) >= 11 is 0. The molecule has 0 saturated carbocycles. The van der Waals surface area contributed by atoms with Crippen LogP contribution in [0.2, 0.25) is 0 Å². The van der Waals surface area contributed by atoms with Crippen LogP contribution < -0.4 is 4.90 Å². The average Bonchev–Trinajstić information content (AvgIpc) is 2.84. The fourth-order valence-corrected chi connectivity index (χ4v) is 3.61. The van der Waals surface area contributed by atoms with Gasteiger partial charge in [0.25, 0.3) is 0 Å². The van der Waals surface area contributed by atoms with Crippen LogP contribution in [-0.4, -0.2) is 42.8 Å². The van der Waals surface area contributed by atoms with Crippen LogP contribution in [-0.2, 0) is 0 Å². The lowest BCUT2D eigenvalue weighted by molar-refractivity contribution is 0.402. The van der Waals surface area contributed by atoms with E-state index in [0.29, 0.717) is 0 Å². The molecule has 0 fully saturated rings. The Bertz CT molecular complexity index is 992. The first-order chi connectivity index (χ1) is 13.6. The van der Waals surface area contributed by atoms with Crippen molar-refractivity contribution in [2.45, 2.75) is 13.3 Å². The molecule has 4 nitrogen and oxygen atoms in total. The van der Waals surface area contributed by atoms with Crippen LogP contribution >= 0.6 is 0 Å². The minimum absolute atomic E-state index is 0.899. The molecule has 142 valence electrons.